The molecule has 0 bridgehead atoms. The van der Waals surface area contributed by atoms with Gasteiger partial charge in [0.05, 0.1) is 13.2 Å². The number of hydrogen-bond acceptors (Lipinski definition) is 4. The zero-order valence-corrected chi connectivity index (χ0v) is 12.6. The zero-order chi connectivity index (χ0) is 13.8. The van der Waals surface area contributed by atoms with Crippen LogP contribution in [0.2, 0.25) is 0 Å². The van der Waals surface area contributed by atoms with E-state index in [0.717, 1.165) is 10.8 Å². The number of rotatable bonds is 5. The Morgan fingerprint density at radius 3 is 2.68 bits per heavy atom. The minimum atomic E-state index is 0.250. The highest BCUT2D eigenvalue weighted by Crippen LogP contribution is 2.24. The molecule has 1 aromatic carbocycles. The van der Waals surface area contributed by atoms with Gasteiger partial charge in [0, 0.05) is 17.1 Å². The SMILES string of the molecule is COc1cccc(C(C)NC(C)c2ncc(C)s2)c1. The number of benzene rings is 1. The van der Waals surface area contributed by atoms with E-state index >= 15 is 0 Å². The summed E-state index contributed by atoms with van der Waals surface area (Å²) in [5.74, 6) is 0.892. The van der Waals surface area contributed by atoms with Crippen molar-refractivity contribution in [2.24, 2.45) is 0 Å². The van der Waals surface area contributed by atoms with Gasteiger partial charge in [-0.2, -0.15) is 0 Å². The van der Waals surface area contributed by atoms with Gasteiger partial charge in [-0.15, -0.1) is 11.3 Å². The summed E-state index contributed by atoms with van der Waals surface area (Å²) in [6.07, 6.45) is 1.92. The second-order valence-corrected chi connectivity index (χ2v) is 5.96. The number of ether oxygens (including phenoxy) is 1. The quantitative estimate of drug-likeness (QED) is 0.900. The Bertz CT molecular complexity index is 538. The number of aromatic nitrogens is 1. The molecule has 1 heterocycles. The fourth-order valence-corrected chi connectivity index (χ4v) is 2.81. The second kappa shape index (κ2) is 6.17. The summed E-state index contributed by atoms with van der Waals surface area (Å²) in [6, 6.07) is 8.67. The maximum Gasteiger partial charge on any atom is 0.119 e. The van der Waals surface area contributed by atoms with Crippen LogP contribution in [0.3, 0.4) is 0 Å². The molecule has 19 heavy (non-hydrogen) atoms. The molecule has 3 nitrogen and oxygen atoms in total. The van der Waals surface area contributed by atoms with E-state index in [1.807, 2.05) is 18.3 Å². The van der Waals surface area contributed by atoms with Crippen LogP contribution in [0.5, 0.6) is 5.75 Å². The van der Waals surface area contributed by atoms with Gasteiger partial charge in [-0.1, -0.05) is 12.1 Å². The average molecular weight is 276 g/mol. The molecule has 0 saturated carbocycles. The van der Waals surface area contributed by atoms with Crippen LogP contribution in [0, 0.1) is 6.92 Å². The first-order valence-electron chi connectivity index (χ1n) is 6.42. The molecule has 1 aromatic heterocycles. The minimum Gasteiger partial charge on any atom is -0.497 e. The lowest BCUT2D eigenvalue weighted by Gasteiger charge is -2.19. The summed E-state index contributed by atoms with van der Waals surface area (Å²) < 4.78 is 5.26. The van der Waals surface area contributed by atoms with Crippen LogP contribution >= 0.6 is 11.3 Å². The molecule has 2 rings (SSSR count). The number of nitrogens with one attached hydrogen (secondary N) is 1. The summed E-state index contributed by atoms with van der Waals surface area (Å²) in [5.41, 5.74) is 1.22. The van der Waals surface area contributed by atoms with Crippen LogP contribution in [0.1, 0.15) is 41.4 Å². The highest BCUT2D eigenvalue weighted by molar-refractivity contribution is 7.11. The lowest BCUT2D eigenvalue weighted by molar-refractivity contribution is 0.412. The van der Waals surface area contributed by atoms with E-state index in [1.165, 1.54) is 10.4 Å². The first-order valence-corrected chi connectivity index (χ1v) is 7.24. The Morgan fingerprint density at radius 2 is 2.05 bits per heavy atom. The van der Waals surface area contributed by atoms with Gasteiger partial charge in [0.1, 0.15) is 10.8 Å². The number of thiazole rings is 1. The van der Waals surface area contributed by atoms with Gasteiger partial charge in [0.2, 0.25) is 0 Å². The second-order valence-electron chi connectivity index (χ2n) is 4.70. The van der Waals surface area contributed by atoms with Crippen molar-refractivity contribution in [2.45, 2.75) is 32.9 Å². The third-order valence-electron chi connectivity index (χ3n) is 3.10. The molecule has 2 atom stereocenters. The summed E-state index contributed by atoms with van der Waals surface area (Å²) >= 11 is 1.74. The van der Waals surface area contributed by atoms with Gasteiger partial charge < -0.3 is 10.1 Å². The molecule has 1 N–H and O–H groups in total. The first-order chi connectivity index (χ1) is 9.10. The lowest BCUT2D eigenvalue weighted by Crippen LogP contribution is -2.22. The molecule has 0 radical (unpaired) electrons. The molecule has 0 aliphatic carbocycles. The monoisotopic (exact) mass is 276 g/mol. The maximum absolute atomic E-state index is 5.26. The van der Waals surface area contributed by atoms with Crippen LogP contribution in [0.4, 0.5) is 0 Å². The van der Waals surface area contributed by atoms with Gasteiger partial charge >= 0.3 is 0 Å². The van der Waals surface area contributed by atoms with E-state index in [9.17, 15) is 0 Å². The molecule has 0 aliphatic rings. The normalized spacial score (nSPS) is 14.1. The van der Waals surface area contributed by atoms with Crippen LogP contribution in [-0.2, 0) is 0 Å². The fourth-order valence-electron chi connectivity index (χ4n) is 2.03. The number of hydrogen-bond donors (Lipinski definition) is 1. The highest BCUT2D eigenvalue weighted by atomic mass is 32.1. The Hall–Kier alpha value is -1.39. The van der Waals surface area contributed by atoms with Crippen molar-refractivity contribution < 1.29 is 4.74 Å². The third kappa shape index (κ3) is 3.55. The predicted octanol–water partition coefficient (Wildman–Crippen LogP) is 3.87. The molecule has 2 unspecified atom stereocenters. The van der Waals surface area contributed by atoms with E-state index in [4.69, 9.17) is 4.74 Å². The van der Waals surface area contributed by atoms with Crippen LogP contribution in [0.25, 0.3) is 0 Å². The largest absolute Gasteiger partial charge is 0.497 e. The molecule has 0 spiro atoms. The summed E-state index contributed by atoms with van der Waals surface area (Å²) in [7, 11) is 1.69. The van der Waals surface area contributed by atoms with Crippen molar-refractivity contribution >= 4 is 11.3 Å². The van der Waals surface area contributed by atoms with Gasteiger partial charge in [-0.25, -0.2) is 4.98 Å². The molecule has 4 heteroatoms. The Balaban J connectivity index is 2.05. The van der Waals surface area contributed by atoms with Crippen molar-refractivity contribution in [1.29, 1.82) is 0 Å². The predicted molar refractivity (Wildman–Crippen MR) is 79.8 cm³/mol. The summed E-state index contributed by atoms with van der Waals surface area (Å²) in [4.78, 5) is 5.68. The maximum atomic E-state index is 5.26. The molecule has 0 aliphatic heterocycles. The highest BCUT2D eigenvalue weighted by Gasteiger charge is 2.14. The first kappa shape index (κ1) is 14.0. The van der Waals surface area contributed by atoms with Gasteiger partial charge in [-0.05, 0) is 38.5 Å². The van der Waals surface area contributed by atoms with E-state index in [1.54, 1.807) is 18.4 Å². The Kier molecular flexibility index (Phi) is 4.56. The molecular weight excluding hydrogens is 256 g/mol. The lowest BCUT2D eigenvalue weighted by atomic mass is 10.1. The van der Waals surface area contributed by atoms with Crippen molar-refractivity contribution in [2.75, 3.05) is 7.11 Å². The van der Waals surface area contributed by atoms with Crippen molar-refractivity contribution in [3.05, 3.63) is 45.9 Å². The van der Waals surface area contributed by atoms with E-state index in [-0.39, 0.29) is 12.1 Å². The van der Waals surface area contributed by atoms with Gasteiger partial charge in [0.25, 0.3) is 0 Å². The Labute approximate surface area is 118 Å². The number of nitrogens with zero attached hydrogens (tertiary/aromatic N) is 1. The van der Waals surface area contributed by atoms with Crippen molar-refractivity contribution in [3.63, 3.8) is 0 Å². The molecule has 0 saturated heterocycles. The van der Waals surface area contributed by atoms with E-state index in [2.05, 4.69) is 43.2 Å². The molecule has 0 fully saturated rings. The standard InChI is InChI=1S/C15H20N2OS/c1-10-9-16-15(19-10)12(3)17-11(2)13-6-5-7-14(8-13)18-4/h5-9,11-12,17H,1-4H3. The van der Waals surface area contributed by atoms with Crippen LogP contribution in [-0.4, -0.2) is 12.1 Å². The average Bonchev–Trinajstić information content (AvgIpc) is 2.85. The van der Waals surface area contributed by atoms with Crippen molar-refractivity contribution in [3.8, 4) is 5.75 Å². The van der Waals surface area contributed by atoms with Gasteiger partial charge in [0.15, 0.2) is 0 Å². The fraction of sp³-hybridized carbons (Fsp3) is 0.400. The molecular formula is C15H20N2OS. The minimum absolute atomic E-state index is 0.250. The Morgan fingerprint density at radius 1 is 1.26 bits per heavy atom. The number of methoxy groups -OCH3 is 1. The van der Waals surface area contributed by atoms with Gasteiger partial charge in [-0.3, -0.25) is 0 Å². The van der Waals surface area contributed by atoms with Crippen LogP contribution < -0.4 is 10.1 Å². The third-order valence-corrected chi connectivity index (χ3v) is 4.20. The topological polar surface area (TPSA) is 34.1 Å². The van der Waals surface area contributed by atoms with E-state index in [0.29, 0.717) is 0 Å². The number of aryl methyl sites for hydroxylation is 1. The summed E-state index contributed by atoms with van der Waals surface area (Å²) in [6.45, 7) is 6.39. The molecule has 102 valence electrons. The zero-order valence-electron chi connectivity index (χ0n) is 11.8. The molecule has 2 aromatic rings. The molecule has 0 amide bonds. The van der Waals surface area contributed by atoms with Crippen molar-refractivity contribution in [1.82, 2.24) is 10.3 Å². The summed E-state index contributed by atoms with van der Waals surface area (Å²) in [5, 5.41) is 4.70. The smallest absolute Gasteiger partial charge is 0.119 e. The van der Waals surface area contributed by atoms with E-state index < -0.39 is 0 Å². The van der Waals surface area contributed by atoms with Crippen LogP contribution in [0.15, 0.2) is 30.5 Å².